The molecule has 132 valence electrons. The Labute approximate surface area is 141 Å². The number of carbonyl (C=O) groups is 4. The van der Waals surface area contributed by atoms with E-state index in [1.807, 2.05) is 6.92 Å². The molecular formula is C16H24N4O4. The first-order valence-electron chi connectivity index (χ1n) is 8.07. The predicted molar refractivity (Wildman–Crippen MR) is 84.9 cm³/mol. The van der Waals surface area contributed by atoms with E-state index in [9.17, 15) is 19.2 Å². The van der Waals surface area contributed by atoms with E-state index in [0.29, 0.717) is 6.42 Å². The molecular weight excluding hydrogens is 312 g/mol. The second kappa shape index (κ2) is 4.29. The summed E-state index contributed by atoms with van der Waals surface area (Å²) in [7, 11) is 6.14. The SMILES string of the molecule is CC[C@@]12[C@@H](C(=O)N(C)C(=O)N1C)[C@@]1(C)N(C)C(=O)N(C)C(=O)[C@]12C. The van der Waals surface area contributed by atoms with Gasteiger partial charge < -0.3 is 9.80 Å². The molecule has 2 heterocycles. The third-order valence-electron chi connectivity index (χ3n) is 7.21. The van der Waals surface area contributed by atoms with E-state index in [1.54, 1.807) is 27.9 Å². The van der Waals surface area contributed by atoms with E-state index in [1.165, 1.54) is 23.9 Å². The summed E-state index contributed by atoms with van der Waals surface area (Å²) in [6, 6.07) is -0.851. The fourth-order valence-electron chi connectivity index (χ4n) is 5.63. The first-order chi connectivity index (χ1) is 11.0. The molecule has 0 radical (unpaired) electrons. The molecule has 0 spiro atoms. The van der Waals surface area contributed by atoms with Gasteiger partial charge in [0.25, 0.3) is 0 Å². The third-order valence-corrected chi connectivity index (χ3v) is 7.21. The molecule has 3 rings (SSSR count). The second-order valence-electron chi connectivity index (χ2n) is 7.43. The van der Waals surface area contributed by atoms with Gasteiger partial charge in [0, 0.05) is 28.2 Å². The van der Waals surface area contributed by atoms with Crippen molar-refractivity contribution in [2.45, 2.75) is 38.3 Å². The van der Waals surface area contributed by atoms with Gasteiger partial charge in [-0.25, -0.2) is 9.59 Å². The minimum Gasteiger partial charge on any atom is -0.320 e. The Balaban J connectivity index is 2.31. The van der Waals surface area contributed by atoms with Crippen LogP contribution in [0.25, 0.3) is 0 Å². The molecule has 2 aliphatic heterocycles. The standard InChI is InChI=1S/C16H24N4O4/c1-8-16-9(10(21)17(4)12(23)20(16)7)15(3)14(16,2)11(22)18(5)13(24)19(15)6/h9H,8H2,1-7H3/t9-,14+,15+,16-/m0/s1. The zero-order valence-electron chi connectivity index (χ0n) is 15.2. The number of amides is 6. The van der Waals surface area contributed by atoms with Crippen LogP contribution in [-0.4, -0.2) is 82.7 Å². The minimum atomic E-state index is -1.06. The summed E-state index contributed by atoms with van der Waals surface area (Å²) in [6.45, 7) is 5.44. The predicted octanol–water partition coefficient (Wildman–Crippen LogP) is 0.578. The Hall–Kier alpha value is -2.12. The van der Waals surface area contributed by atoms with Crippen molar-refractivity contribution < 1.29 is 19.2 Å². The van der Waals surface area contributed by atoms with Crippen LogP contribution in [0.3, 0.4) is 0 Å². The van der Waals surface area contributed by atoms with Crippen molar-refractivity contribution in [2.24, 2.45) is 11.3 Å². The summed E-state index contributed by atoms with van der Waals surface area (Å²) < 4.78 is 0. The average molecular weight is 336 g/mol. The van der Waals surface area contributed by atoms with E-state index < -0.39 is 34.5 Å². The molecule has 0 aromatic rings. The molecule has 0 unspecified atom stereocenters. The lowest BCUT2D eigenvalue weighted by atomic mass is 9.35. The van der Waals surface area contributed by atoms with Crippen LogP contribution >= 0.6 is 0 Å². The quantitative estimate of drug-likeness (QED) is 0.701. The maximum atomic E-state index is 13.1. The van der Waals surface area contributed by atoms with E-state index in [4.69, 9.17) is 0 Å². The van der Waals surface area contributed by atoms with Gasteiger partial charge in [-0.1, -0.05) is 6.92 Å². The van der Waals surface area contributed by atoms with Gasteiger partial charge in [-0.3, -0.25) is 19.4 Å². The first kappa shape index (κ1) is 16.7. The largest absolute Gasteiger partial charge is 0.326 e. The Morgan fingerprint density at radius 2 is 1.38 bits per heavy atom. The molecule has 6 amide bonds. The number of fused-ring (bicyclic) bond motifs is 4. The van der Waals surface area contributed by atoms with Gasteiger partial charge in [0.05, 0.1) is 22.4 Å². The molecule has 8 heteroatoms. The highest BCUT2D eigenvalue weighted by Crippen LogP contribution is 2.70. The van der Waals surface area contributed by atoms with Crippen molar-refractivity contribution in [2.75, 3.05) is 28.2 Å². The van der Waals surface area contributed by atoms with Crippen LogP contribution in [0.5, 0.6) is 0 Å². The van der Waals surface area contributed by atoms with E-state index >= 15 is 0 Å². The highest BCUT2D eigenvalue weighted by Gasteiger charge is 2.87. The normalized spacial score (nSPS) is 42.2. The molecule has 0 bridgehead atoms. The topological polar surface area (TPSA) is 81.2 Å². The van der Waals surface area contributed by atoms with Crippen molar-refractivity contribution in [3.63, 3.8) is 0 Å². The van der Waals surface area contributed by atoms with Crippen molar-refractivity contribution in [3.8, 4) is 0 Å². The number of nitrogens with zero attached hydrogens (tertiary/aromatic N) is 4. The maximum Gasteiger partial charge on any atom is 0.326 e. The fourth-order valence-corrected chi connectivity index (χ4v) is 5.63. The summed E-state index contributed by atoms with van der Waals surface area (Å²) >= 11 is 0. The fraction of sp³-hybridized carbons (Fsp3) is 0.750. The zero-order chi connectivity index (χ0) is 18.4. The lowest BCUT2D eigenvalue weighted by Crippen LogP contribution is -2.96. The number of hydrogen-bond donors (Lipinski definition) is 0. The highest BCUT2D eigenvalue weighted by atomic mass is 16.2. The number of imide groups is 2. The van der Waals surface area contributed by atoms with Gasteiger partial charge in [0.15, 0.2) is 0 Å². The Morgan fingerprint density at radius 1 is 0.875 bits per heavy atom. The molecule has 3 fully saturated rings. The molecule has 8 nitrogen and oxygen atoms in total. The van der Waals surface area contributed by atoms with Crippen molar-refractivity contribution in [3.05, 3.63) is 0 Å². The summed E-state index contributed by atoms with van der Waals surface area (Å²) in [4.78, 5) is 56.4. The van der Waals surface area contributed by atoms with Gasteiger partial charge >= 0.3 is 12.1 Å². The third kappa shape index (κ3) is 1.20. The van der Waals surface area contributed by atoms with Gasteiger partial charge in [-0.2, -0.15) is 0 Å². The molecule has 2 saturated heterocycles. The lowest BCUT2D eigenvalue weighted by molar-refractivity contribution is -0.261. The summed E-state index contributed by atoms with van der Waals surface area (Å²) in [5.74, 6) is -1.32. The Bertz CT molecular complexity index is 694. The van der Waals surface area contributed by atoms with Crippen LogP contribution in [0.15, 0.2) is 0 Å². The highest BCUT2D eigenvalue weighted by molar-refractivity contribution is 6.10. The minimum absolute atomic E-state index is 0.336. The van der Waals surface area contributed by atoms with Gasteiger partial charge in [-0.15, -0.1) is 0 Å². The van der Waals surface area contributed by atoms with E-state index in [0.717, 1.165) is 9.80 Å². The summed E-state index contributed by atoms with van der Waals surface area (Å²) in [5, 5.41) is 0. The molecule has 0 aromatic heterocycles. The van der Waals surface area contributed by atoms with Crippen molar-refractivity contribution in [1.29, 1.82) is 0 Å². The molecule has 4 atom stereocenters. The number of rotatable bonds is 1. The Kier molecular flexibility index (Phi) is 2.99. The lowest BCUT2D eigenvalue weighted by Gasteiger charge is -2.79. The van der Waals surface area contributed by atoms with Crippen LogP contribution in [0, 0.1) is 11.3 Å². The summed E-state index contributed by atoms with van der Waals surface area (Å²) in [6.07, 6.45) is 0.452. The molecule has 0 N–H and O–H groups in total. The van der Waals surface area contributed by atoms with E-state index in [2.05, 4.69) is 0 Å². The zero-order valence-corrected chi connectivity index (χ0v) is 15.2. The number of hydrogen-bond acceptors (Lipinski definition) is 4. The van der Waals surface area contributed by atoms with Crippen LogP contribution in [0.2, 0.25) is 0 Å². The van der Waals surface area contributed by atoms with E-state index in [-0.39, 0.29) is 11.8 Å². The molecule has 24 heavy (non-hydrogen) atoms. The molecule has 1 aliphatic carbocycles. The monoisotopic (exact) mass is 336 g/mol. The second-order valence-corrected chi connectivity index (χ2v) is 7.43. The maximum absolute atomic E-state index is 13.1. The van der Waals surface area contributed by atoms with Crippen molar-refractivity contribution in [1.82, 2.24) is 19.6 Å². The molecule has 1 saturated carbocycles. The molecule has 0 aromatic carbocycles. The van der Waals surface area contributed by atoms with Crippen LogP contribution < -0.4 is 0 Å². The van der Waals surface area contributed by atoms with Crippen LogP contribution in [0.4, 0.5) is 9.59 Å². The van der Waals surface area contributed by atoms with Crippen LogP contribution in [-0.2, 0) is 9.59 Å². The average Bonchev–Trinajstić information content (AvgIpc) is 2.57. The Morgan fingerprint density at radius 3 is 1.88 bits per heavy atom. The summed E-state index contributed by atoms with van der Waals surface area (Å²) in [5.41, 5.74) is -2.98. The van der Waals surface area contributed by atoms with Gasteiger partial charge in [0.2, 0.25) is 11.8 Å². The molecule has 3 aliphatic rings. The number of carbonyl (C=O) groups excluding carboxylic acids is 4. The van der Waals surface area contributed by atoms with Crippen LogP contribution in [0.1, 0.15) is 27.2 Å². The van der Waals surface area contributed by atoms with Gasteiger partial charge in [0.1, 0.15) is 0 Å². The smallest absolute Gasteiger partial charge is 0.320 e. The first-order valence-corrected chi connectivity index (χ1v) is 8.07. The van der Waals surface area contributed by atoms with Gasteiger partial charge in [-0.05, 0) is 20.3 Å². The number of urea groups is 2. The van der Waals surface area contributed by atoms with Crippen molar-refractivity contribution >= 4 is 23.9 Å².